The van der Waals surface area contributed by atoms with Crippen LogP contribution in [0.1, 0.15) is 56.4 Å². The van der Waals surface area contributed by atoms with Crippen LogP contribution < -0.4 is 0 Å². The van der Waals surface area contributed by atoms with Gasteiger partial charge in [0.25, 0.3) is 0 Å². The Morgan fingerprint density at radius 3 is 2.35 bits per heavy atom. The molecule has 2 aliphatic carbocycles. The molecule has 1 aromatic rings. The zero-order valence-electron chi connectivity index (χ0n) is 13.7. The quantitative estimate of drug-likeness (QED) is 0.823. The Kier molecular flexibility index (Phi) is 3.89. The van der Waals surface area contributed by atoms with Gasteiger partial charge in [-0.2, -0.15) is 5.26 Å². The summed E-state index contributed by atoms with van der Waals surface area (Å²) in [7, 11) is 0. The fraction of sp³-hybridized carbons (Fsp3) is 0.650. The second-order valence-corrected chi connectivity index (χ2v) is 7.80. The van der Waals surface area contributed by atoms with Crippen molar-refractivity contribution in [3.63, 3.8) is 0 Å². The highest BCUT2D eigenvalue weighted by Crippen LogP contribution is 2.55. The topological polar surface area (TPSA) is 27.0 Å². The Labute approximate surface area is 138 Å². The summed E-state index contributed by atoms with van der Waals surface area (Å²) in [5, 5.41) is 9.66. The lowest BCUT2D eigenvalue weighted by molar-refractivity contribution is 0.145. The molecule has 2 atom stereocenters. The molecule has 2 unspecified atom stereocenters. The van der Waals surface area contributed by atoms with Gasteiger partial charge in [-0.1, -0.05) is 12.1 Å². The molecule has 4 rings (SSSR count). The van der Waals surface area contributed by atoms with Gasteiger partial charge in [0.1, 0.15) is 5.82 Å². The second kappa shape index (κ2) is 5.91. The van der Waals surface area contributed by atoms with E-state index in [4.69, 9.17) is 0 Å². The highest BCUT2D eigenvalue weighted by atomic mass is 19.1. The third-order valence-electron chi connectivity index (χ3n) is 6.49. The maximum absolute atomic E-state index is 13.1. The van der Waals surface area contributed by atoms with E-state index in [0.29, 0.717) is 17.9 Å². The first-order valence-electron chi connectivity index (χ1n) is 9.11. The van der Waals surface area contributed by atoms with Gasteiger partial charge in [0.2, 0.25) is 0 Å². The number of halogens is 1. The molecule has 1 heterocycles. The normalized spacial score (nSPS) is 32.8. The molecular weight excluding hydrogens is 287 g/mol. The molecule has 2 saturated carbocycles. The summed E-state index contributed by atoms with van der Waals surface area (Å²) in [5.41, 5.74) is 1.28. The summed E-state index contributed by atoms with van der Waals surface area (Å²) in [4.78, 5) is 2.63. The Balaban J connectivity index is 1.35. The van der Waals surface area contributed by atoms with Crippen LogP contribution in [0.3, 0.4) is 0 Å². The third-order valence-corrected chi connectivity index (χ3v) is 6.49. The number of hydrogen-bond acceptors (Lipinski definition) is 2. The van der Waals surface area contributed by atoms with Gasteiger partial charge in [0.15, 0.2) is 0 Å². The van der Waals surface area contributed by atoms with E-state index in [0.717, 1.165) is 38.8 Å². The van der Waals surface area contributed by atoms with Crippen molar-refractivity contribution in [2.75, 3.05) is 13.1 Å². The van der Waals surface area contributed by atoms with Gasteiger partial charge >= 0.3 is 0 Å². The van der Waals surface area contributed by atoms with Gasteiger partial charge in [0, 0.05) is 6.04 Å². The highest BCUT2D eigenvalue weighted by Gasteiger charge is 2.51. The van der Waals surface area contributed by atoms with Crippen LogP contribution in [0.5, 0.6) is 0 Å². The number of likely N-dealkylation sites (tertiary alicyclic amines) is 1. The monoisotopic (exact) mass is 312 g/mol. The maximum atomic E-state index is 13.1. The highest BCUT2D eigenvalue weighted by molar-refractivity contribution is 5.21. The molecule has 3 heteroatoms. The zero-order chi connectivity index (χ0) is 15.9. The molecule has 3 fully saturated rings. The molecule has 1 saturated heterocycles. The summed E-state index contributed by atoms with van der Waals surface area (Å²) < 4.78 is 13.1. The zero-order valence-corrected chi connectivity index (χ0v) is 13.7. The molecule has 2 nitrogen and oxygen atoms in total. The van der Waals surface area contributed by atoms with Gasteiger partial charge in [-0.05, 0) is 87.6 Å². The van der Waals surface area contributed by atoms with Crippen molar-refractivity contribution in [1.82, 2.24) is 4.90 Å². The summed E-state index contributed by atoms with van der Waals surface area (Å²) in [6.45, 7) is 2.25. The minimum Gasteiger partial charge on any atom is -0.300 e. The molecule has 0 radical (unpaired) electrons. The van der Waals surface area contributed by atoms with Crippen LogP contribution in [0.25, 0.3) is 0 Å². The Morgan fingerprint density at radius 1 is 1.04 bits per heavy atom. The van der Waals surface area contributed by atoms with E-state index in [1.807, 2.05) is 12.1 Å². The number of piperidine rings is 1. The number of rotatable bonds is 3. The number of hydrogen-bond donors (Lipinski definition) is 0. The standard InChI is InChI=1S/C20H25FN2/c21-18-5-1-15(2-6-18)16-8-11-23(12-9-16)19-7-10-20(13-19,14-22)17-3-4-17/h1-2,5-6,16-17,19H,3-4,7-13H2. The Morgan fingerprint density at radius 2 is 1.74 bits per heavy atom. The molecule has 1 aliphatic heterocycles. The van der Waals surface area contributed by atoms with E-state index in [2.05, 4.69) is 11.0 Å². The SMILES string of the molecule is N#CC1(C2CC2)CCC(N2CCC(c3ccc(F)cc3)CC2)C1. The molecule has 0 N–H and O–H groups in total. The first kappa shape index (κ1) is 15.1. The number of benzene rings is 1. The van der Waals surface area contributed by atoms with Crippen molar-refractivity contribution >= 4 is 0 Å². The van der Waals surface area contributed by atoms with Gasteiger partial charge in [0.05, 0.1) is 11.5 Å². The lowest BCUT2D eigenvalue weighted by Crippen LogP contribution is -2.40. The van der Waals surface area contributed by atoms with Gasteiger partial charge in [-0.25, -0.2) is 4.39 Å². The number of nitriles is 1. The fourth-order valence-corrected chi connectivity index (χ4v) is 4.89. The van der Waals surface area contributed by atoms with Crippen molar-refractivity contribution in [3.8, 4) is 6.07 Å². The van der Waals surface area contributed by atoms with Crippen molar-refractivity contribution in [1.29, 1.82) is 5.26 Å². The summed E-state index contributed by atoms with van der Waals surface area (Å²) in [6.07, 6.45) is 8.26. The van der Waals surface area contributed by atoms with Crippen LogP contribution in [0.4, 0.5) is 4.39 Å². The van der Waals surface area contributed by atoms with E-state index in [1.54, 1.807) is 12.1 Å². The molecule has 0 aromatic heterocycles. The average Bonchev–Trinajstić information content (AvgIpc) is 3.36. The van der Waals surface area contributed by atoms with Crippen molar-refractivity contribution in [2.24, 2.45) is 11.3 Å². The number of nitrogens with zero attached hydrogens (tertiary/aromatic N) is 2. The molecule has 0 bridgehead atoms. The lowest BCUT2D eigenvalue weighted by atomic mass is 9.82. The largest absolute Gasteiger partial charge is 0.300 e. The van der Waals surface area contributed by atoms with Crippen molar-refractivity contribution < 1.29 is 4.39 Å². The third kappa shape index (κ3) is 2.90. The molecular formula is C20H25FN2. The van der Waals surface area contributed by atoms with E-state index in [1.165, 1.54) is 24.8 Å². The second-order valence-electron chi connectivity index (χ2n) is 7.80. The maximum Gasteiger partial charge on any atom is 0.123 e. The molecule has 0 amide bonds. The molecule has 122 valence electrons. The fourth-order valence-electron chi connectivity index (χ4n) is 4.89. The average molecular weight is 312 g/mol. The molecule has 0 spiro atoms. The van der Waals surface area contributed by atoms with Crippen LogP contribution in [0, 0.1) is 28.5 Å². The van der Waals surface area contributed by atoms with E-state index in [-0.39, 0.29) is 11.2 Å². The van der Waals surface area contributed by atoms with Crippen molar-refractivity contribution in [3.05, 3.63) is 35.6 Å². The smallest absolute Gasteiger partial charge is 0.123 e. The van der Waals surface area contributed by atoms with Gasteiger partial charge in [-0.3, -0.25) is 0 Å². The molecule has 23 heavy (non-hydrogen) atoms. The lowest BCUT2D eigenvalue weighted by Gasteiger charge is -2.36. The Bertz CT molecular complexity index is 593. The van der Waals surface area contributed by atoms with E-state index in [9.17, 15) is 9.65 Å². The summed E-state index contributed by atoms with van der Waals surface area (Å²) in [6, 6.07) is 10.3. The van der Waals surface area contributed by atoms with Gasteiger partial charge in [-0.15, -0.1) is 0 Å². The van der Waals surface area contributed by atoms with Crippen LogP contribution in [0.15, 0.2) is 24.3 Å². The van der Waals surface area contributed by atoms with Crippen LogP contribution in [-0.2, 0) is 0 Å². The van der Waals surface area contributed by atoms with Crippen molar-refractivity contribution in [2.45, 2.75) is 56.9 Å². The predicted molar refractivity (Wildman–Crippen MR) is 88.4 cm³/mol. The minimum atomic E-state index is -0.148. The first-order valence-corrected chi connectivity index (χ1v) is 9.11. The molecule has 3 aliphatic rings. The van der Waals surface area contributed by atoms with E-state index >= 15 is 0 Å². The Hall–Kier alpha value is -1.40. The van der Waals surface area contributed by atoms with Gasteiger partial charge < -0.3 is 4.90 Å². The first-order chi connectivity index (χ1) is 11.2. The van der Waals surface area contributed by atoms with Crippen LogP contribution in [-0.4, -0.2) is 24.0 Å². The minimum absolute atomic E-state index is 0.00152. The van der Waals surface area contributed by atoms with Crippen LogP contribution >= 0.6 is 0 Å². The van der Waals surface area contributed by atoms with E-state index < -0.39 is 0 Å². The van der Waals surface area contributed by atoms with Crippen LogP contribution in [0.2, 0.25) is 0 Å². The summed E-state index contributed by atoms with van der Waals surface area (Å²) >= 11 is 0. The predicted octanol–water partition coefficient (Wildman–Crippen LogP) is 4.48. The summed E-state index contributed by atoms with van der Waals surface area (Å²) in [5.74, 6) is 1.11. The molecule has 1 aromatic carbocycles.